The zero-order valence-corrected chi connectivity index (χ0v) is 16.7. The maximum atomic E-state index is 12.4. The Morgan fingerprint density at radius 2 is 2.12 bits per heavy atom. The first kappa shape index (κ1) is 19.3. The molecule has 0 radical (unpaired) electrons. The van der Waals surface area contributed by atoms with Crippen LogP contribution in [0.4, 0.5) is 0 Å². The van der Waals surface area contributed by atoms with E-state index in [-0.39, 0.29) is 5.91 Å². The van der Waals surface area contributed by atoms with Gasteiger partial charge in [-0.05, 0) is 43.5 Å². The molecule has 0 bridgehead atoms. The van der Waals surface area contributed by atoms with E-state index in [2.05, 4.69) is 35.1 Å². The largest absolute Gasteiger partial charge is 0.496 e. The highest BCUT2D eigenvalue weighted by Gasteiger charge is 2.28. The van der Waals surface area contributed by atoms with Gasteiger partial charge in [0, 0.05) is 22.6 Å². The van der Waals surface area contributed by atoms with Gasteiger partial charge in [-0.1, -0.05) is 42.6 Å². The van der Waals surface area contributed by atoms with E-state index in [1.807, 2.05) is 30.1 Å². The Morgan fingerprint density at radius 3 is 2.83 bits per heavy atom. The van der Waals surface area contributed by atoms with Gasteiger partial charge in [-0.2, -0.15) is 0 Å². The molecule has 134 valence electrons. The van der Waals surface area contributed by atoms with Gasteiger partial charge in [0.15, 0.2) is 0 Å². The van der Waals surface area contributed by atoms with Crippen molar-refractivity contribution >= 4 is 21.8 Å². The average molecular weight is 397 g/mol. The molecule has 24 heavy (non-hydrogen) atoms. The number of halogens is 1. The van der Waals surface area contributed by atoms with E-state index in [9.17, 15) is 4.79 Å². The molecule has 0 heterocycles. The second kappa shape index (κ2) is 8.86. The Kier molecular flexibility index (Phi) is 7.11. The molecule has 0 aliphatic heterocycles. The molecule has 1 aliphatic carbocycles. The fourth-order valence-corrected chi connectivity index (χ4v) is 3.91. The highest BCUT2D eigenvalue weighted by Crippen LogP contribution is 2.29. The second-order valence-electron chi connectivity index (χ2n) is 7.07. The fourth-order valence-electron chi connectivity index (χ4n) is 3.50. The molecule has 0 aromatic heterocycles. The number of methoxy groups -OCH3 is 1. The zero-order valence-electron chi connectivity index (χ0n) is 15.1. The first-order valence-corrected chi connectivity index (χ1v) is 9.50. The third kappa shape index (κ3) is 5.21. The van der Waals surface area contributed by atoms with Crippen molar-refractivity contribution in [3.8, 4) is 5.75 Å². The molecule has 3 atom stereocenters. The summed E-state index contributed by atoms with van der Waals surface area (Å²) in [6, 6.07) is 6.26. The Bertz CT molecular complexity index is 564. The molecule has 0 spiro atoms. The lowest BCUT2D eigenvalue weighted by Gasteiger charge is -2.35. The van der Waals surface area contributed by atoms with Crippen LogP contribution in [0.25, 0.3) is 0 Å². The van der Waals surface area contributed by atoms with Crippen molar-refractivity contribution in [1.82, 2.24) is 10.2 Å². The van der Waals surface area contributed by atoms with E-state index in [0.29, 0.717) is 31.0 Å². The van der Waals surface area contributed by atoms with Crippen LogP contribution in [0.2, 0.25) is 0 Å². The summed E-state index contributed by atoms with van der Waals surface area (Å²) in [7, 11) is 3.64. The van der Waals surface area contributed by atoms with Crippen LogP contribution >= 0.6 is 15.9 Å². The molecule has 1 fully saturated rings. The second-order valence-corrected chi connectivity index (χ2v) is 7.99. The summed E-state index contributed by atoms with van der Waals surface area (Å²) >= 11 is 3.49. The summed E-state index contributed by atoms with van der Waals surface area (Å²) in [5.74, 6) is 2.20. The Labute approximate surface area is 154 Å². The zero-order chi connectivity index (χ0) is 17.7. The third-order valence-corrected chi connectivity index (χ3v) is 5.64. The molecule has 0 unspecified atom stereocenters. The summed E-state index contributed by atoms with van der Waals surface area (Å²) in [5.41, 5.74) is 1.07. The number of rotatable bonds is 6. The number of nitrogens with zero attached hydrogens (tertiary/aromatic N) is 1. The van der Waals surface area contributed by atoms with Gasteiger partial charge in [0.05, 0.1) is 13.7 Å². The molecule has 1 aromatic carbocycles. The number of hydrogen-bond acceptors (Lipinski definition) is 3. The lowest BCUT2D eigenvalue weighted by molar-refractivity contribution is -0.123. The van der Waals surface area contributed by atoms with Crippen LogP contribution in [0.5, 0.6) is 5.75 Å². The van der Waals surface area contributed by atoms with Crippen LogP contribution in [0, 0.1) is 11.8 Å². The van der Waals surface area contributed by atoms with Crippen molar-refractivity contribution < 1.29 is 9.53 Å². The maximum absolute atomic E-state index is 12.4. The number of carbonyl (C=O) groups excluding carboxylic acids is 1. The quantitative estimate of drug-likeness (QED) is 0.793. The minimum absolute atomic E-state index is 0.109. The molecule has 2 rings (SSSR count). The minimum Gasteiger partial charge on any atom is -0.496 e. The van der Waals surface area contributed by atoms with E-state index >= 15 is 0 Å². The molecule has 0 saturated heterocycles. The van der Waals surface area contributed by atoms with Crippen LogP contribution in [0.3, 0.4) is 0 Å². The Morgan fingerprint density at radius 1 is 1.38 bits per heavy atom. The highest BCUT2D eigenvalue weighted by molar-refractivity contribution is 9.10. The molecule has 1 aliphatic rings. The first-order chi connectivity index (χ1) is 11.4. The number of hydrogen-bond donors (Lipinski definition) is 1. The number of amides is 1. The van der Waals surface area contributed by atoms with Crippen molar-refractivity contribution in [2.75, 3.05) is 20.7 Å². The van der Waals surface area contributed by atoms with Crippen molar-refractivity contribution in [1.29, 1.82) is 0 Å². The first-order valence-electron chi connectivity index (χ1n) is 8.71. The monoisotopic (exact) mass is 396 g/mol. The van der Waals surface area contributed by atoms with E-state index in [1.54, 1.807) is 7.11 Å². The van der Waals surface area contributed by atoms with Crippen LogP contribution < -0.4 is 10.1 Å². The van der Waals surface area contributed by atoms with E-state index in [1.165, 1.54) is 12.8 Å². The molecule has 1 N–H and O–H groups in total. The number of carbonyl (C=O) groups is 1. The number of nitrogens with one attached hydrogen (secondary N) is 1. The summed E-state index contributed by atoms with van der Waals surface area (Å²) < 4.78 is 6.42. The van der Waals surface area contributed by atoms with Gasteiger partial charge in [0.25, 0.3) is 0 Å². The topological polar surface area (TPSA) is 41.6 Å². The molecular weight excluding hydrogens is 368 g/mol. The lowest BCUT2D eigenvalue weighted by atomic mass is 9.78. The number of likely N-dealkylation sites (N-methyl/N-ethyl adjacent to an activating group) is 1. The van der Waals surface area contributed by atoms with Crippen molar-refractivity contribution in [2.45, 2.75) is 45.7 Å². The molecule has 5 heteroatoms. The number of ether oxygens (including phenoxy) is 1. The minimum atomic E-state index is 0.109. The van der Waals surface area contributed by atoms with Gasteiger partial charge >= 0.3 is 0 Å². The van der Waals surface area contributed by atoms with Gasteiger partial charge in [-0.25, -0.2) is 0 Å². The molecular formula is C19H29BrN2O2. The normalized spacial score (nSPS) is 24.0. The van der Waals surface area contributed by atoms with Crippen molar-refractivity contribution in [3.05, 3.63) is 28.2 Å². The van der Waals surface area contributed by atoms with Gasteiger partial charge in [-0.15, -0.1) is 0 Å². The van der Waals surface area contributed by atoms with E-state index < -0.39 is 0 Å². The fraction of sp³-hybridized carbons (Fsp3) is 0.632. The van der Waals surface area contributed by atoms with Crippen molar-refractivity contribution in [2.24, 2.45) is 11.8 Å². The lowest BCUT2D eigenvalue weighted by Crippen LogP contribution is -2.46. The summed E-state index contributed by atoms with van der Waals surface area (Å²) in [6.07, 6.45) is 3.58. The van der Waals surface area contributed by atoms with Crippen LogP contribution in [-0.2, 0) is 11.3 Å². The van der Waals surface area contributed by atoms with Crippen LogP contribution in [0.15, 0.2) is 22.7 Å². The van der Waals surface area contributed by atoms with Crippen LogP contribution in [0.1, 0.15) is 38.7 Å². The predicted octanol–water partition coefficient (Wildman–Crippen LogP) is 3.83. The molecule has 1 aromatic rings. The highest BCUT2D eigenvalue weighted by atomic mass is 79.9. The van der Waals surface area contributed by atoms with Gasteiger partial charge in [-0.3, -0.25) is 9.69 Å². The van der Waals surface area contributed by atoms with Crippen LogP contribution in [-0.4, -0.2) is 37.6 Å². The summed E-state index contributed by atoms with van der Waals surface area (Å²) in [4.78, 5) is 14.4. The van der Waals surface area contributed by atoms with Gasteiger partial charge < -0.3 is 10.1 Å². The molecule has 1 amide bonds. The Hall–Kier alpha value is -1.07. The third-order valence-electron chi connectivity index (χ3n) is 5.15. The summed E-state index contributed by atoms with van der Waals surface area (Å²) in [5, 5.41) is 3.23. The van der Waals surface area contributed by atoms with E-state index in [4.69, 9.17) is 4.74 Å². The summed E-state index contributed by atoms with van der Waals surface area (Å²) in [6.45, 7) is 5.61. The molecule has 1 saturated carbocycles. The predicted molar refractivity (Wildman–Crippen MR) is 101 cm³/mol. The Balaban J connectivity index is 1.89. The standard InChI is InChI=1S/C19H29BrN2O2/c1-13-6-5-7-17(14(13)2)21-19(23)12-22(3)11-15-10-16(20)8-9-18(15)24-4/h8-10,13-14,17H,5-7,11-12H2,1-4H3,(H,21,23)/t13-,14+,17+/m0/s1. The number of benzene rings is 1. The van der Waals surface area contributed by atoms with Gasteiger partial charge in [0.1, 0.15) is 5.75 Å². The molecule has 4 nitrogen and oxygen atoms in total. The van der Waals surface area contributed by atoms with E-state index in [0.717, 1.165) is 22.2 Å². The SMILES string of the molecule is COc1ccc(Br)cc1CN(C)CC(=O)N[C@@H]1CCC[C@H](C)[C@H]1C. The van der Waals surface area contributed by atoms with Gasteiger partial charge in [0.2, 0.25) is 5.91 Å². The maximum Gasteiger partial charge on any atom is 0.234 e. The smallest absolute Gasteiger partial charge is 0.234 e. The average Bonchev–Trinajstić information content (AvgIpc) is 2.52. The van der Waals surface area contributed by atoms with Crippen molar-refractivity contribution in [3.63, 3.8) is 0 Å².